The Balaban J connectivity index is 1.50. The first kappa shape index (κ1) is 20.3. The van der Waals surface area contributed by atoms with Crippen LogP contribution in [-0.2, 0) is 15.6 Å². The zero-order valence-electron chi connectivity index (χ0n) is 15.0. The Kier molecular flexibility index (Phi) is 6.59. The van der Waals surface area contributed by atoms with Gasteiger partial charge in [0.15, 0.2) is 15.6 Å². The third kappa shape index (κ3) is 5.55. The Bertz CT molecular complexity index is 886. The van der Waals surface area contributed by atoms with Gasteiger partial charge in [0, 0.05) is 39.3 Å². The summed E-state index contributed by atoms with van der Waals surface area (Å²) < 4.78 is 30.7. The standard InChI is InChI=1S/C17H22ClN3O4S2/c1-20-8-10-21(11-9-20)7-6-19-17(22)14-3-2-13(25-14)12-27(23,24)16-5-4-15(18)26-16/h2-5H,6-12H2,1H3,(H,19,22). The number of furan rings is 1. The summed E-state index contributed by atoms with van der Waals surface area (Å²) in [4.78, 5) is 16.8. The van der Waals surface area contributed by atoms with E-state index in [1.165, 1.54) is 18.2 Å². The Labute approximate surface area is 167 Å². The molecule has 1 aliphatic heterocycles. The molecule has 10 heteroatoms. The Morgan fingerprint density at radius 2 is 1.96 bits per heavy atom. The number of halogens is 1. The second kappa shape index (κ2) is 8.74. The zero-order chi connectivity index (χ0) is 19.4. The van der Waals surface area contributed by atoms with Gasteiger partial charge >= 0.3 is 0 Å². The van der Waals surface area contributed by atoms with Gasteiger partial charge in [0.25, 0.3) is 5.91 Å². The highest BCUT2D eigenvalue weighted by Gasteiger charge is 2.21. The number of carbonyl (C=O) groups is 1. The van der Waals surface area contributed by atoms with Crippen LogP contribution in [0.4, 0.5) is 0 Å². The number of hydrogen-bond acceptors (Lipinski definition) is 7. The summed E-state index contributed by atoms with van der Waals surface area (Å²) in [6.45, 7) is 5.33. The largest absolute Gasteiger partial charge is 0.455 e. The van der Waals surface area contributed by atoms with Crippen LogP contribution < -0.4 is 5.32 Å². The monoisotopic (exact) mass is 431 g/mol. The van der Waals surface area contributed by atoms with Gasteiger partial charge in [0.2, 0.25) is 0 Å². The average Bonchev–Trinajstić information content (AvgIpc) is 3.26. The van der Waals surface area contributed by atoms with Crippen molar-refractivity contribution in [3.63, 3.8) is 0 Å². The number of hydrogen-bond donors (Lipinski definition) is 1. The number of sulfone groups is 1. The van der Waals surface area contributed by atoms with Crippen LogP contribution in [-0.4, -0.2) is 70.4 Å². The molecule has 3 heterocycles. The van der Waals surface area contributed by atoms with Gasteiger partial charge in [0.1, 0.15) is 15.7 Å². The maximum Gasteiger partial charge on any atom is 0.287 e. The first-order chi connectivity index (χ1) is 12.8. The molecule has 0 aromatic carbocycles. The fourth-order valence-corrected chi connectivity index (χ4v) is 5.60. The lowest BCUT2D eigenvalue weighted by molar-refractivity contribution is 0.0912. The number of thiophene rings is 1. The summed E-state index contributed by atoms with van der Waals surface area (Å²) in [6.07, 6.45) is 0. The average molecular weight is 432 g/mol. The molecule has 1 fully saturated rings. The van der Waals surface area contributed by atoms with Crippen molar-refractivity contribution in [3.8, 4) is 0 Å². The molecule has 0 unspecified atom stereocenters. The molecule has 3 rings (SSSR count). The van der Waals surface area contributed by atoms with Gasteiger partial charge < -0.3 is 14.6 Å². The number of likely N-dealkylation sites (N-methyl/N-ethyl adjacent to an activating group) is 1. The highest BCUT2D eigenvalue weighted by Crippen LogP contribution is 2.28. The fourth-order valence-electron chi connectivity index (χ4n) is 2.79. The van der Waals surface area contributed by atoms with E-state index < -0.39 is 9.84 Å². The highest BCUT2D eigenvalue weighted by molar-refractivity contribution is 7.92. The molecular weight excluding hydrogens is 410 g/mol. The van der Waals surface area contributed by atoms with Crippen LogP contribution in [0, 0.1) is 0 Å². The topological polar surface area (TPSA) is 82.9 Å². The number of carbonyl (C=O) groups excluding carboxylic acids is 1. The molecule has 2 aromatic rings. The third-order valence-corrected chi connectivity index (χ3v) is 7.83. The third-order valence-electron chi connectivity index (χ3n) is 4.38. The molecular formula is C17H22ClN3O4S2. The predicted octanol–water partition coefficient (Wildman–Crippen LogP) is 1.95. The zero-order valence-corrected chi connectivity index (χ0v) is 17.4. The summed E-state index contributed by atoms with van der Waals surface area (Å²) in [5.41, 5.74) is 0. The predicted molar refractivity (Wildman–Crippen MR) is 105 cm³/mol. The lowest BCUT2D eigenvalue weighted by Gasteiger charge is -2.32. The smallest absolute Gasteiger partial charge is 0.287 e. The minimum Gasteiger partial charge on any atom is -0.455 e. The van der Waals surface area contributed by atoms with E-state index in [2.05, 4.69) is 22.2 Å². The van der Waals surface area contributed by atoms with Crippen LogP contribution in [0.25, 0.3) is 0 Å². The summed E-state index contributed by atoms with van der Waals surface area (Å²) in [6, 6.07) is 6.03. The Morgan fingerprint density at radius 3 is 2.63 bits per heavy atom. The van der Waals surface area contributed by atoms with E-state index >= 15 is 0 Å². The molecule has 1 saturated heterocycles. The van der Waals surface area contributed by atoms with E-state index in [0.29, 0.717) is 10.9 Å². The number of amides is 1. The van der Waals surface area contributed by atoms with Gasteiger partial charge in [-0.25, -0.2) is 8.42 Å². The minimum atomic E-state index is -3.54. The Morgan fingerprint density at radius 1 is 1.22 bits per heavy atom. The second-order valence-electron chi connectivity index (χ2n) is 6.48. The molecule has 148 valence electrons. The van der Waals surface area contributed by atoms with Gasteiger partial charge in [-0.15, -0.1) is 11.3 Å². The molecule has 1 aliphatic rings. The van der Waals surface area contributed by atoms with Crippen molar-refractivity contribution >= 4 is 38.7 Å². The SMILES string of the molecule is CN1CCN(CCNC(=O)c2ccc(CS(=O)(=O)c3ccc(Cl)s3)o2)CC1. The molecule has 1 amide bonds. The van der Waals surface area contributed by atoms with E-state index in [0.717, 1.165) is 44.1 Å². The van der Waals surface area contributed by atoms with Crippen LogP contribution in [0.3, 0.4) is 0 Å². The maximum absolute atomic E-state index is 12.3. The number of rotatable bonds is 7. The molecule has 0 spiro atoms. The summed E-state index contributed by atoms with van der Waals surface area (Å²) in [5, 5.41) is 2.82. The lowest BCUT2D eigenvalue weighted by Crippen LogP contribution is -2.46. The van der Waals surface area contributed by atoms with E-state index in [1.54, 1.807) is 6.07 Å². The van der Waals surface area contributed by atoms with Crippen LogP contribution in [0.1, 0.15) is 16.3 Å². The second-order valence-corrected chi connectivity index (χ2v) is 10.4. The van der Waals surface area contributed by atoms with Gasteiger partial charge in [-0.1, -0.05) is 11.6 Å². The summed E-state index contributed by atoms with van der Waals surface area (Å²) in [5.74, 6) is -0.309. The van der Waals surface area contributed by atoms with Crippen molar-refractivity contribution in [1.29, 1.82) is 0 Å². The van der Waals surface area contributed by atoms with E-state index in [9.17, 15) is 13.2 Å². The van der Waals surface area contributed by atoms with E-state index in [1.807, 2.05) is 0 Å². The van der Waals surface area contributed by atoms with Crippen LogP contribution in [0.15, 0.2) is 32.9 Å². The van der Waals surface area contributed by atoms with Crippen LogP contribution in [0.2, 0.25) is 4.34 Å². The van der Waals surface area contributed by atoms with Gasteiger partial charge in [-0.3, -0.25) is 9.69 Å². The van der Waals surface area contributed by atoms with Gasteiger partial charge in [0.05, 0.1) is 4.34 Å². The minimum absolute atomic E-state index is 0.114. The van der Waals surface area contributed by atoms with Crippen molar-refractivity contribution < 1.29 is 17.6 Å². The molecule has 27 heavy (non-hydrogen) atoms. The quantitative estimate of drug-likeness (QED) is 0.721. The summed E-state index contributed by atoms with van der Waals surface area (Å²) in [7, 11) is -1.44. The number of nitrogens with zero attached hydrogens (tertiary/aromatic N) is 2. The molecule has 0 radical (unpaired) electrons. The lowest BCUT2D eigenvalue weighted by atomic mass is 10.3. The van der Waals surface area contributed by atoms with Crippen molar-refractivity contribution in [2.75, 3.05) is 46.3 Å². The molecule has 0 aliphatic carbocycles. The fraction of sp³-hybridized carbons (Fsp3) is 0.471. The molecule has 7 nitrogen and oxygen atoms in total. The molecule has 2 aromatic heterocycles. The molecule has 0 bridgehead atoms. The van der Waals surface area contributed by atoms with Crippen molar-refractivity contribution in [3.05, 3.63) is 40.1 Å². The van der Waals surface area contributed by atoms with Crippen molar-refractivity contribution in [1.82, 2.24) is 15.1 Å². The van der Waals surface area contributed by atoms with Gasteiger partial charge in [-0.2, -0.15) is 0 Å². The number of piperazine rings is 1. The van der Waals surface area contributed by atoms with Crippen molar-refractivity contribution in [2.45, 2.75) is 9.96 Å². The van der Waals surface area contributed by atoms with E-state index in [4.69, 9.17) is 16.0 Å². The Hall–Kier alpha value is -1.39. The maximum atomic E-state index is 12.3. The van der Waals surface area contributed by atoms with Crippen molar-refractivity contribution in [2.24, 2.45) is 0 Å². The van der Waals surface area contributed by atoms with E-state index in [-0.39, 0.29) is 27.4 Å². The highest BCUT2D eigenvalue weighted by atomic mass is 35.5. The molecule has 0 atom stereocenters. The molecule has 0 saturated carbocycles. The normalized spacial score (nSPS) is 16.5. The molecule has 1 N–H and O–H groups in total. The van der Waals surface area contributed by atoms with Crippen LogP contribution >= 0.6 is 22.9 Å². The van der Waals surface area contributed by atoms with Gasteiger partial charge in [-0.05, 0) is 31.3 Å². The first-order valence-electron chi connectivity index (χ1n) is 8.59. The number of nitrogens with one attached hydrogen (secondary N) is 1. The van der Waals surface area contributed by atoms with Crippen LogP contribution in [0.5, 0.6) is 0 Å². The summed E-state index contributed by atoms with van der Waals surface area (Å²) >= 11 is 6.80. The first-order valence-corrected chi connectivity index (χ1v) is 11.4.